The van der Waals surface area contributed by atoms with E-state index < -0.39 is 15.7 Å². The Kier molecular flexibility index (Phi) is 5.35. The highest BCUT2D eigenvalue weighted by Gasteiger charge is 2.17. The van der Waals surface area contributed by atoms with Crippen LogP contribution < -0.4 is 10.6 Å². The molecule has 0 spiro atoms. The molecule has 0 aliphatic carbocycles. The van der Waals surface area contributed by atoms with E-state index >= 15 is 0 Å². The van der Waals surface area contributed by atoms with Crippen LogP contribution in [0.15, 0.2) is 23.1 Å². The minimum atomic E-state index is -3.39. The van der Waals surface area contributed by atoms with E-state index in [2.05, 4.69) is 10.6 Å². The summed E-state index contributed by atoms with van der Waals surface area (Å²) < 4.78 is 23.1. The third kappa shape index (κ3) is 5.48. The van der Waals surface area contributed by atoms with Crippen LogP contribution in [0.1, 0.15) is 36.7 Å². The Morgan fingerprint density at radius 2 is 1.77 bits per heavy atom. The second-order valence-electron chi connectivity index (χ2n) is 6.23. The molecule has 22 heavy (non-hydrogen) atoms. The third-order valence-electron chi connectivity index (χ3n) is 2.81. The smallest absolute Gasteiger partial charge is 0.252 e. The quantitative estimate of drug-likeness (QED) is 0.865. The number of hydrogen-bond donors (Lipinski definition) is 2. The summed E-state index contributed by atoms with van der Waals surface area (Å²) in [6.07, 6.45) is 1.08. The molecule has 0 heterocycles. The van der Waals surface area contributed by atoms with Gasteiger partial charge in [-0.05, 0) is 45.4 Å². The predicted molar refractivity (Wildman–Crippen MR) is 84.5 cm³/mol. The van der Waals surface area contributed by atoms with Gasteiger partial charge in [0.1, 0.15) is 0 Å². The minimum Gasteiger partial charge on any atom is -0.350 e. The normalized spacial score (nSPS) is 11.9. The van der Waals surface area contributed by atoms with Crippen LogP contribution in [-0.4, -0.2) is 38.6 Å². The van der Waals surface area contributed by atoms with Gasteiger partial charge < -0.3 is 10.6 Å². The Bertz CT molecular complexity index is 688. The van der Waals surface area contributed by atoms with Crippen molar-refractivity contribution in [3.8, 4) is 0 Å². The second-order valence-corrected chi connectivity index (χ2v) is 8.25. The Balaban J connectivity index is 2.84. The zero-order chi connectivity index (χ0) is 17.1. The lowest BCUT2D eigenvalue weighted by molar-refractivity contribution is -0.121. The van der Waals surface area contributed by atoms with Crippen LogP contribution in [0.25, 0.3) is 0 Å². The highest BCUT2D eigenvalue weighted by atomic mass is 32.2. The first-order chi connectivity index (χ1) is 9.90. The lowest BCUT2D eigenvalue weighted by Gasteiger charge is -2.20. The largest absolute Gasteiger partial charge is 0.350 e. The van der Waals surface area contributed by atoms with Crippen molar-refractivity contribution in [2.75, 3.05) is 12.8 Å². The number of hydrogen-bond acceptors (Lipinski definition) is 4. The Hall–Kier alpha value is -1.89. The van der Waals surface area contributed by atoms with Gasteiger partial charge in [0.15, 0.2) is 9.84 Å². The molecule has 0 unspecified atom stereocenters. The van der Waals surface area contributed by atoms with Crippen LogP contribution in [0, 0.1) is 6.92 Å². The second kappa shape index (κ2) is 6.48. The molecule has 1 aromatic rings. The van der Waals surface area contributed by atoms with Gasteiger partial charge in [-0.2, -0.15) is 0 Å². The molecule has 0 aliphatic rings. The first kappa shape index (κ1) is 18.2. The van der Waals surface area contributed by atoms with Gasteiger partial charge in [0, 0.05) is 17.4 Å². The van der Waals surface area contributed by atoms with E-state index in [1.165, 1.54) is 12.1 Å². The number of amides is 2. The summed E-state index contributed by atoms with van der Waals surface area (Å²) in [5.41, 5.74) is 0.501. The van der Waals surface area contributed by atoms with Gasteiger partial charge in [-0.1, -0.05) is 6.07 Å². The van der Waals surface area contributed by atoms with Crippen molar-refractivity contribution in [2.24, 2.45) is 0 Å². The first-order valence-corrected chi connectivity index (χ1v) is 8.69. The van der Waals surface area contributed by atoms with Gasteiger partial charge in [-0.3, -0.25) is 9.59 Å². The highest BCUT2D eigenvalue weighted by molar-refractivity contribution is 7.90. The maximum atomic E-state index is 12.1. The molecule has 1 rings (SSSR count). The van der Waals surface area contributed by atoms with Crippen LogP contribution >= 0.6 is 0 Å². The summed E-state index contributed by atoms with van der Waals surface area (Å²) in [5.74, 6) is -0.787. The van der Waals surface area contributed by atoms with Crippen molar-refractivity contribution in [3.05, 3.63) is 29.3 Å². The van der Waals surface area contributed by atoms with Crippen molar-refractivity contribution in [1.82, 2.24) is 10.6 Å². The van der Waals surface area contributed by atoms with Gasteiger partial charge in [0.2, 0.25) is 5.91 Å². The van der Waals surface area contributed by atoms with Gasteiger partial charge in [-0.15, -0.1) is 0 Å². The maximum Gasteiger partial charge on any atom is 0.252 e. The van der Waals surface area contributed by atoms with Crippen molar-refractivity contribution >= 4 is 21.7 Å². The third-order valence-corrected chi connectivity index (χ3v) is 3.92. The lowest BCUT2D eigenvalue weighted by atomic mass is 10.1. The molecule has 0 aliphatic heterocycles. The molecule has 0 saturated carbocycles. The molecular weight excluding hydrogens is 304 g/mol. The number of rotatable bonds is 4. The van der Waals surface area contributed by atoms with E-state index in [-0.39, 0.29) is 28.4 Å². The van der Waals surface area contributed by atoms with Crippen molar-refractivity contribution in [3.63, 3.8) is 0 Å². The van der Waals surface area contributed by atoms with Gasteiger partial charge in [0.05, 0.1) is 11.4 Å². The molecule has 122 valence electrons. The molecular formula is C15H22N2O4S. The van der Waals surface area contributed by atoms with Crippen molar-refractivity contribution in [2.45, 2.75) is 38.1 Å². The molecule has 2 amide bonds. The highest BCUT2D eigenvalue weighted by Crippen LogP contribution is 2.15. The van der Waals surface area contributed by atoms with Crippen molar-refractivity contribution in [1.29, 1.82) is 0 Å². The molecule has 7 heteroatoms. The SMILES string of the molecule is Cc1ccc(S(C)(=O)=O)cc1C(=O)NCC(=O)NC(C)(C)C. The molecule has 1 aromatic carbocycles. The maximum absolute atomic E-state index is 12.1. The Labute approximate surface area is 131 Å². The zero-order valence-electron chi connectivity index (χ0n) is 13.5. The summed E-state index contributed by atoms with van der Waals surface area (Å²) >= 11 is 0. The fraction of sp³-hybridized carbons (Fsp3) is 0.467. The van der Waals surface area contributed by atoms with E-state index in [0.29, 0.717) is 5.56 Å². The fourth-order valence-corrected chi connectivity index (χ4v) is 2.44. The van der Waals surface area contributed by atoms with Crippen LogP contribution in [0.4, 0.5) is 0 Å². The molecule has 0 bridgehead atoms. The number of carbonyl (C=O) groups excluding carboxylic acids is 2. The number of carbonyl (C=O) groups is 2. The Morgan fingerprint density at radius 1 is 1.18 bits per heavy atom. The number of benzene rings is 1. The molecule has 0 fully saturated rings. The molecule has 2 N–H and O–H groups in total. The lowest BCUT2D eigenvalue weighted by Crippen LogP contribution is -2.45. The van der Waals surface area contributed by atoms with E-state index in [0.717, 1.165) is 6.26 Å². The predicted octanol–water partition coefficient (Wildman–Crippen LogP) is 1.04. The summed E-state index contributed by atoms with van der Waals surface area (Å²) in [6, 6.07) is 4.34. The molecule has 6 nitrogen and oxygen atoms in total. The van der Waals surface area contributed by atoms with E-state index in [1.54, 1.807) is 13.0 Å². The number of nitrogens with one attached hydrogen (secondary N) is 2. The average molecular weight is 326 g/mol. The van der Waals surface area contributed by atoms with Crippen LogP contribution in [0.5, 0.6) is 0 Å². The van der Waals surface area contributed by atoms with E-state index in [4.69, 9.17) is 0 Å². The average Bonchev–Trinajstić information content (AvgIpc) is 2.33. The summed E-state index contributed by atoms with van der Waals surface area (Å²) in [4.78, 5) is 23.9. The Morgan fingerprint density at radius 3 is 2.27 bits per heavy atom. The van der Waals surface area contributed by atoms with E-state index in [9.17, 15) is 18.0 Å². The fourth-order valence-electron chi connectivity index (χ4n) is 1.79. The number of aryl methyl sites for hydroxylation is 1. The van der Waals surface area contributed by atoms with Crippen LogP contribution in [0.3, 0.4) is 0 Å². The van der Waals surface area contributed by atoms with Crippen LogP contribution in [0.2, 0.25) is 0 Å². The van der Waals surface area contributed by atoms with Crippen molar-refractivity contribution < 1.29 is 18.0 Å². The van der Waals surface area contributed by atoms with Crippen LogP contribution in [-0.2, 0) is 14.6 Å². The standard InChI is InChI=1S/C15H22N2O4S/c1-10-6-7-11(22(5,20)21)8-12(10)14(19)16-9-13(18)17-15(2,3)4/h6-8H,9H2,1-5H3,(H,16,19)(H,17,18). The van der Waals surface area contributed by atoms with E-state index in [1.807, 2.05) is 20.8 Å². The zero-order valence-corrected chi connectivity index (χ0v) is 14.3. The number of sulfone groups is 1. The summed E-state index contributed by atoms with van der Waals surface area (Å²) in [7, 11) is -3.39. The molecule has 0 saturated heterocycles. The topological polar surface area (TPSA) is 92.3 Å². The summed E-state index contributed by atoms with van der Waals surface area (Å²) in [5, 5.41) is 5.22. The molecule has 0 atom stereocenters. The van der Waals surface area contributed by atoms with Gasteiger partial charge in [-0.25, -0.2) is 8.42 Å². The minimum absolute atomic E-state index is 0.0717. The summed E-state index contributed by atoms with van der Waals surface area (Å²) in [6.45, 7) is 7.06. The molecule has 0 radical (unpaired) electrons. The van der Waals surface area contributed by atoms with Gasteiger partial charge >= 0.3 is 0 Å². The first-order valence-electron chi connectivity index (χ1n) is 6.80. The van der Waals surface area contributed by atoms with Gasteiger partial charge in [0.25, 0.3) is 5.91 Å². The monoisotopic (exact) mass is 326 g/mol. The molecule has 0 aromatic heterocycles.